The predicted molar refractivity (Wildman–Crippen MR) is 97.3 cm³/mol. The zero-order valence-corrected chi connectivity index (χ0v) is 15.2. The van der Waals surface area contributed by atoms with Gasteiger partial charge in [-0.15, -0.1) is 0 Å². The second kappa shape index (κ2) is 9.53. The molecule has 1 aromatic rings. The first kappa shape index (κ1) is 19.4. The van der Waals surface area contributed by atoms with E-state index in [0.717, 1.165) is 37.9 Å². The van der Waals surface area contributed by atoms with Crippen molar-refractivity contribution in [2.45, 2.75) is 32.7 Å². The lowest BCUT2D eigenvalue weighted by Crippen LogP contribution is -2.49. The molecule has 0 unspecified atom stereocenters. The topological polar surface area (TPSA) is 79.5 Å². The van der Waals surface area contributed by atoms with E-state index >= 15 is 0 Å². The van der Waals surface area contributed by atoms with Crippen LogP contribution in [0.15, 0.2) is 24.3 Å². The van der Waals surface area contributed by atoms with E-state index in [2.05, 4.69) is 16.0 Å². The summed E-state index contributed by atoms with van der Waals surface area (Å²) in [5, 5.41) is 9.17. The Hall–Kier alpha value is -1.92. The maximum atomic E-state index is 12.7. The Morgan fingerprint density at radius 1 is 1.24 bits per heavy atom. The van der Waals surface area contributed by atoms with Crippen LogP contribution in [0.2, 0.25) is 0 Å². The summed E-state index contributed by atoms with van der Waals surface area (Å²) >= 11 is 0. The fourth-order valence-corrected chi connectivity index (χ4v) is 3.15. The molecule has 1 heterocycles. The van der Waals surface area contributed by atoms with Gasteiger partial charge in [0.2, 0.25) is 5.91 Å². The standard InChI is InChI=1S/C19H29N3O3/c1-3-9-21-17(23)16-6-4-5-15(12-16)13-22-18(24)19(14-25-2)7-10-20-11-8-19/h4-6,12,20H,3,7-11,13-14H2,1-2H3,(H,21,23)(H,22,24). The molecule has 1 aromatic carbocycles. The summed E-state index contributed by atoms with van der Waals surface area (Å²) in [5.41, 5.74) is 1.07. The van der Waals surface area contributed by atoms with Gasteiger partial charge in [-0.1, -0.05) is 19.1 Å². The first-order valence-electron chi connectivity index (χ1n) is 8.96. The molecule has 1 aliphatic heterocycles. The van der Waals surface area contributed by atoms with E-state index in [1.807, 2.05) is 25.1 Å². The highest BCUT2D eigenvalue weighted by atomic mass is 16.5. The summed E-state index contributed by atoms with van der Waals surface area (Å²) in [5.74, 6) is -0.0547. The van der Waals surface area contributed by atoms with Crippen molar-refractivity contribution in [2.24, 2.45) is 5.41 Å². The molecule has 0 aliphatic carbocycles. The van der Waals surface area contributed by atoms with Crippen LogP contribution < -0.4 is 16.0 Å². The van der Waals surface area contributed by atoms with Crippen molar-refractivity contribution in [2.75, 3.05) is 33.4 Å². The zero-order chi connectivity index (χ0) is 18.1. The minimum atomic E-state index is -0.462. The summed E-state index contributed by atoms with van der Waals surface area (Å²) in [6.45, 7) is 5.16. The molecule has 1 aliphatic rings. The number of ether oxygens (including phenoxy) is 1. The molecule has 25 heavy (non-hydrogen) atoms. The first-order chi connectivity index (χ1) is 12.1. The quantitative estimate of drug-likeness (QED) is 0.665. The van der Waals surface area contributed by atoms with Crippen molar-refractivity contribution in [3.63, 3.8) is 0 Å². The number of hydrogen-bond acceptors (Lipinski definition) is 4. The molecule has 1 saturated heterocycles. The number of hydrogen-bond donors (Lipinski definition) is 3. The minimum absolute atomic E-state index is 0.0247. The number of piperidine rings is 1. The van der Waals surface area contributed by atoms with Crippen molar-refractivity contribution in [3.8, 4) is 0 Å². The van der Waals surface area contributed by atoms with Crippen LogP contribution in [0.4, 0.5) is 0 Å². The van der Waals surface area contributed by atoms with Crippen LogP contribution in [0.25, 0.3) is 0 Å². The highest BCUT2D eigenvalue weighted by Crippen LogP contribution is 2.29. The van der Waals surface area contributed by atoms with Gasteiger partial charge in [-0.3, -0.25) is 9.59 Å². The van der Waals surface area contributed by atoms with Crippen LogP contribution in [-0.4, -0.2) is 45.2 Å². The number of carbonyl (C=O) groups is 2. The largest absolute Gasteiger partial charge is 0.384 e. The number of rotatable bonds is 8. The van der Waals surface area contributed by atoms with E-state index in [0.29, 0.717) is 25.3 Å². The number of benzene rings is 1. The Morgan fingerprint density at radius 3 is 2.68 bits per heavy atom. The van der Waals surface area contributed by atoms with Crippen LogP contribution >= 0.6 is 0 Å². The molecule has 0 saturated carbocycles. The maximum Gasteiger partial charge on any atom is 0.251 e. The van der Waals surface area contributed by atoms with Crippen LogP contribution in [-0.2, 0) is 16.1 Å². The number of amides is 2. The number of nitrogens with one attached hydrogen (secondary N) is 3. The Balaban J connectivity index is 1.97. The second-order valence-corrected chi connectivity index (χ2v) is 6.60. The Kier molecular flexibility index (Phi) is 7.40. The third-order valence-corrected chi connectivity index (χ3v) is 4.64. The SMILES string of the molecule is CCCNC(=O)c1cccc(CNC(=O)C2(COC)CCNCC2)c1. The van der Waals surface area contributed by atoms with Gasteiger partial charge in [0, 0.05) is 25.8 Å². The summed E-state index contributed by atoms with van der Waals surface area (Å²) in [6, 6.07) is 7.38. The molecule has 0 spiro atoms. The normalized spacial score (nSPS) is 16.2. The Morgan fingerprint density at radius 2 is 2.00 bits per heavy atom. The third kappa shape index (κ3) is 5.28. The lowest BCUT2D eigenvalue weighted by Gasteiger charge is -2.35. The van der Waals surface area contributed by atoms with E-state index in [1.165, 1.54) is 0 Å². The van der Waals surface area contributed by atoms with Crippen molar-refractivity contribution < 1.29 is 14.3 Å². The molecule has 138 valence electrons. The monoisotopic (exact) mass is 347 g/mol. The summed E-state index contributed by atoms with van der Waals surface area (Å²) in [4.78, 5) is 24.8. The van der Waals surface area contributed by atoms with Crippen LogP contribution in [0.1, 0.15) is 42.1 Å². The predicted octanol–water partition coefficient (Wildman–Crippen LogP) is 1.46. The van der Waals surface area contributed by atoms with E-state index in [1.54, 1.807) is 13.2 Å². The summed E-state index contributed by atoms with van der Waals surface area (Å²) in [6.07, 6.45) is 2.44. The van der Waals surface area contributed by atoms with Gasteiger partial charge in [-0.2, -0.15) is 0 Å². The summed E-state index contributed by atoms with van der Waals surface area (Å²) < 4.78 is 5.30. The molecule has 2 amide bonds. The molecule has 0 aromatic heterocycles. The molecule has 0 bridgehead atoms. The molecular weight excluding hydrogens is 318 g/mol. The molecule has 1 fully saturated rings. The van der Waals surface area contributed by atoms with Crippen LogP contribution in [0, 0.1) is 5.41 Å². The van der Waals surface area contributed by atoms with E-state index in [4.69, 9.17) is 4.74 Å². The second-order valence-electron chi connectivity index (χ2n) is 6.60. The van der Waals surface area contributed by atoms with Gasteiger partial charge in [-0.25, -0.2) is 0 Å². The molecule has 3 N–H and O–H groups in total. The highest BCUT2D eigenvalue weighted by molar-refractivity contribution is 5.94. The van der Waals surface area contributed by atoms with Gasteiger partial charge in [0.25, 0.3) is 5.91 Å². The Bertz CT molecular complexity index is 578. The van der Waals surface area contributed by atoms with Gasteiger partial charge in [0.1, 0.15) is 0 Å². The van der Waals surface area contributed by atoms with E-state index in [-0.39, 0.29) is 11.8 Å². The summed E-state index contributed by atoms with van der Waals surface area (Å²) in [7, 11) is 1.63. The Labute approximate surface area is 149 Å². The third-order valence-electron chi connectivity index (χ3n) is 4.64. The molecule has 0 atom stereocenters. The van der Waals surface area contributed by atoms with Gasteiger partial charge >= 0.3 is 0 Å². The molecule has 0 radical (unpaired) electrons. The van der Waals surface area contributed by atoms with Gasteiger partial charge in [0.15, 0.2) is 0 Å². The first-order valence-corrected chi connectivity index (χ1v) is 8.96. The van der Waals surface area contributed by atoms with Gasteiger partial charge in [0.05, 0.1) is 12.0 Å². The van der Waals surface area contributed by atoms with Crippen LogP contribution in [0.5, 0.6) is 0 Å². The van der Waals surface area contributed by atoms with E-state index in [9.17, 15) is 9.59 Å². The molecule has 6 heteroatoms. The molecule has 2 rings (SSSR count). The molecular formula is C19H29N3O3. The van der Waals surface area contributed by atoms with Gasteiger partial charge in [-0.05, 0) is 50.0 Å². The average Bonchev–Trinajstić information content (AvgIpc) is 2.65. The molecule has 6 nitrogen and oxygen atoms in total. The van der Waals surface area contributed by atoms with Crippen molar-refractivity contribution in [3.05, 3.63) is 35.4 Å². The number of carbonyl (C=O) groups excluding carboxylic acids is 2. The van der Waals surface area contributed by atoms with Crippen molar-refractivity contribution in [1.29, 1.82) is 0 Å². The van der Waals surface area contributed by atoms with Gasteiger partial charge < -0.3 is 20.7 Å². The zero-order valence-electron chi connectivity index (χ0n) is 15.2. The smallest absolute Gasteiger partial charge is 0.251 e. The minimum Gasteiger partial charge on any atom is -0.384 e. The average molecular weight is 347 g/mol. The lowest BCUT2D eigenvalue weighted by molar-refractivity contribution is -0.136. The number of methoxy groups -OCH3 is 1. The highest BCUT2D eigenvalue weighted by Gasteiger charge is 2.39. The fraction of sp³-hybridized carbons (Fsp3) is 0.579. The van der Waals surface area contributed by atoms with E-state index < -0.39 is 5.41 Å². The lowest BCUT2D eigenvalue weighted by atomic mass is 9.78. The van der Waals surface area contributed by atoms with Crippen molar-refractivity contribution in [1.82, 2.24) is 16.0 Å². The fourth-order valence-electron chi connectivity index (χ4n) is 3.15. The van der Waals surface area contributed by atoms with Crippen LogP contribution in [0.3, 0.4) is 0 Å². The maximum absolute atomic E-state index is 12.7. The van der Waals surface area contributed by atoms with Crippen molar-refractivity contribution >= 4 is 11.8 Å².